The summed E-state index contributed by atoms with van der Waals surface area (Å²) in [5.74, 6) is 0. The minimum absolute atomic E-state index is 0.0125. The highest BCUT2D eigenvalue weighted by molar-refractivity contribution is 5.27. The maximum Gasteiger partial charge on any atom is 0.158 e. The zero-order valence-corrected chi connectivity index (χ0v) is 15.6. The van der Waals surface area contributed by atoms with E-state index in [1.165, 1.54) is 43.5 Å². The van der Waals surface area contributed by atoms with E-state index in [2.05, 4.69) is 45.0 Å². The first-order valence-electron chi connectivity index (χ1n) is 9.71. The van der Waals surface area contributed by atoms with Crippen LogP contribution in [0.5, 0.6) is 0 Å². The Morgan fingerprint density at radius 1 is 1.04 bits per heavy atom. The lowest BCUT2D eigenvalue weighted by atomic mass is 9.86. The van der Waals surface area contributed by atoms with Crippen LogP contribution >= 0.6 is 0 Å². The van der Waals surface area contributed by atoms with Crippen LogP contribution in [0.1, 0.15) is 57.6 Å². The Balaban J connectivity index is 1.41. The molecule has 2 heterocycles. The third-order valence-electron chi connectivity index (χ3n) is 5.38. The molecular weight excluding hydrogens is 298 g/mol. The number of likely N-dealkylation sites (tertiary alicyclic amines) is 1. The van der Waals surface area contributed by atoms with Gasteiger partial charge in [0.15, 0.2) is 6.29 Å². The summed E-state index contributed by atoms with van der Waals surface area (Å²) in [5, 5.41) is 0. The van der Waals surface area contributed by atoms with Crippen molar-refractivity contribution < 1.29 is 14.4 Å². The zero-order valence-electron chi connectivity index (χ0n) is 15.6. The van der Waals surface area contributed by atoms with Crippen LogP contribution in [-0.4, -0.2) is 38.6 Å². The van der Waals surface area contributed by atoms with Gasteiger partial charge in [0.25, 0.3) is 0 Å². The van der Waals surface area contributed by atoms with Gasteiger partial charge in [0.2, 0.25) is 0 Å². The monoisotopic (exact) mass is 332 g/mol. The zero-order chi connectivity index (χ0) is 17.0. The first-order chi connectivity index (χ1) is 11.5. The second-order valence-electron chi connectivity index (χ2n) is 8.52. The number of nitrogens with one attached hydrogen (secondary N) is 1. The van der Waals surface area contributed by atoms with Crippen molar-refractivity contribution in [2.75, 3.05) is 26.2 Å². The summed E-state index contributed by atoms with van der Waals surface area (Å²) in [5.41, 5.74) is 2.99. The Labute approximate surface area is 147 Å². The molecule has 1 aromatic carbocycles. The van der Waals surface area contributed by atoms with E-state index < -0.39 is 0 Å². The van der Waals surface area contributed by atoms with Gasteiger partial charge in [-0.2, -0.15) is 0 Å². The van der Waals surface area contributed by atoms with Crippen LogP contribution in [0.4, 0.5) is 0 Å². The van der Waals surface area contributed by atoms with Crippen molar-refractivity contribution in [2.45, 2.75) is 70.7 Å². The molecule has 2 unspecified atom stereocenters. The molecule has 0 amide bonds. The van der Waals surface area contributed by atoms with Crippen molar-refractivity contribution in [1.29, 1.82) is 0 Å². The highest BCUT2D eigenvalue weighted by Gasteiger charge is 2.29. The summed E-state index contributed by atoms with van der Waals surface area (Å²) in [4.78, 5) is 1.70. The summed E-state index contributed by atoms with van der Waals surface area (Å²) >= 11 is 0. The molecule has 2 atom stereocenters. The molecule has 2 aliphatic rings. The highest BCUT2D eigenvalue weighted by atomic mass is 16.7. The lowest BCUT2D eigenvalue weighted by Gasteiger charge is -2.25. The number of hydrogen-bond acceptors (Lipinski definition) is 2. The fourth-order valence-corrected chi connectivity index (χ4v) is 3.80. The van der Waals surface area contributed by atoms with Crippen LogP contribution in [0, 0.1) is 0 Å². The average molecular weight is 333 g/mol. The molecule has 0 saturated carbocycles. The molecule has 2 fully saturated rings. The van der Waals surface area contributed by atoms with E-state index in [-0.39, 0.29) is 11.7 Å². The standard InChI is InChI=1S/C21H33NO2/c1-21(2,3)18-10-7-17(8-11-18)9-12-20-23-16-19(24-20)15-22-13-5-4-6-14-22/h7-8,10-11,19-20H,4-6,9,12-16H2,1-3H3/p+1. The van der Waals surface area contributed by atoms with Crippen molar-refractivity contribution in [1.82, 2.24) is 0 Å². The highest BCUT2D eigenvalue weighted by Crippen LogP contribution is 2.23. The van der Waals surface area contributed by atoms with Gasteiger partial charge in [-0.05, 0) is 42.2 Å². The van der Waals surface area contributed by atoms with Crippen LogP contribution in [-0.2, 0) is 21.3 Å². The number of benzene rings is 1. The Morgan fingerprint density at radius 3 is 2.42 bits per heavy atom. The summed E-state index contributed by atoms with van der Waals surface area (Å²) in [6.07, 6.45) is 6.42. The number of aryl methyl sites for hydroxylation is 1. The predicted octanol–water partition coefficient (Wildman–Crippen LogP) is 2.73. The lowest BCUT2D eigenvalue weighted by Crippen LogP contribution is -3.13. The second kappa shape index (κ2) is 7.99. The van der Waals surface area contributed by atoms with E-state index in [4.69, 9.17) is 9.47 Å². The third kappa shape index (κ3) is 5.05. The number of hydrogen-bond donors (Lipinski definition) is 1. The molecule has 2 aliphatic heterocycles. The van der Waals surface area contributed by atoms with Gasteiger partial charge in [-0.1, -0.05) is 45.0 Å². The largest absolute Gasteiger partial charge is 0.350 e. The predicted molar refractivity (Wildman–Crippen MR) is 97.5 cm³/mol. The number of quaternary nitrogens is 1. The minimum Gasteiger partial charge on any atom is -0.350 e. The summed E-state index contributed by atoms with van der Waals surface area (Å²) in [7, 11) is 0. The maximum atomic E-state index is 6.12. The number of ether oxygens (including phenoxy) is 2. The van der Waals surface area contributed by atoms with E-state index in [1.807, 2.05) is 0 Å². The molecule has 1 N–H and O–H groups in total. The van der Waals surface area contributed by atoms with Crippen LogP contribution in [0.25, 0.3) is 0 Å². The van der Waals surface area contributed by atoms with Gasteiger partial charge >= 0.3 is 0 Å². The maximum absolute atomic E-state index is 6.12. The quantitative estimate of drug-likeness (QED) is 0.896. The molecule has 3 nitrogen and oxygen atoms in total. The Hall–Kier alpha value is -0.900. The molecule has 0 bridgehead atoms. The van der Waals surface area contributed by atoms with Crippen LogP contribution in [0.15, 0.2) is 24.3 Å². The van der Waals surface area contributed by atoms with Crippen LogP contribution in [0.2, 0.25) is 0 Å². The molecule has 0 radical (unpaired) electrons. The molecule has 1 aromatic rings. The van der Waals surface area contributed by atoms with Crippen molar-refractivity contribution in [3.63, 3.8) is 0 Å². The van der Waals surface area contributed by atoms with Crippen molar-refractivity contribution in [3.8, 4) is 0 Å². The number of piperidine rings is 1. The smallest absolute Gasteiger partial charge is 0.158 e. The SMILES string of the molecule is CC(C)(C)c1ccc(CCC2OCC(C[NH+]3CCCCC3)O2)cc1. The first-order valence-corrected chi connectivity index (χ1v) is 9.71. The van der Waals surface area contributed by atoms with Gasteiger partial charge in [0, 0.05) is 6.42 Å². The van der Waals surface area contributed by atoms with Crippen molar-refractivity contribution in [2.24, 2.45) is 0 Å². The summed E-state index contributed by atoms with van der Waals surface area (Å²) in [6.45, 7) is 11.3. The van der Waals surface area contributed by atoms with Gasteiger partial charge in [0.05, 0.1) is 19.7 Å². The molecule has 134 valence electrons. The molecule has 0 aliphatic carbocycles. The molecular formula is C21H34NO2+. The van der Waals surface area contributed by atoms with Gasteiger partial charge in [-0.3, -0.25) is 0 Å². The Kier molecular flexibility index (Phi) is 5.96. The van der Waals surface area contributed by atoms with E-state index in [0.29, 0.717) is 6.10 Å². The summed E-state index contributed by atoms with van der Waals surface area (Å²) < 4.78 is 12.0. The topological polar surface area (TPSA) is 22.9 Å². The lowest BCUT2D eigenvalue weighted by molar-refractivity contribution is -0.907. The molecule has 24 heavy (non-hydrogen) atoms. The van der Waals surface area contributed by atoms with E-state index >= 15 is 0 Å². The second-order valence-corrected chi connectivity index (χ2v) is 8.52. The van der Waals surface area contributed by atoms with E-state index in [1.54, 1.807) is 4.90 Å². The number of rotatable bonds is 5. The van der Waals surface area contributed by atoms with Gasteiger partial charge in [0.1, 0.15) is 12.6 Å². The molecule has 3 heteroatoms. The van der Waals surface area contributed by atoms with Gasteiger partial charge < -0.3 is 14.4 Å². The average Bonchev–Trinajstić information content (AvgIpc) is 3.01. The normalized spacial score (nSPS) is 26.0. The van der Waals surface area contributed by atoms with E-state index in [9.17, 15) is 0 Å². The van der Waals surface area contributed by atoms with Crippen LogP contribution < -0.4 is 4.90 Å². The molecule has 2 saturated heterocycles. The summed E-state index contributed by atoms with van der Waals surface area (Å²) in [6, 6.07) is 9.03. The van der Waals surface area contributed by atoms with Crippen LogP contribution in [0.3, 0.4) is 0 Å². The van der Waals surface area contributed by atoms with Gasteiger partial charge in [-0.15, -0.1) is 0 Å². The third-order valence-corrected chi connectivity index (χ3v) is 5.38. The molecule has 0 spiro atoms. The molecule has 3 rings (SSSR count). The first kappa shape index (κ1) is 17.9. The Morgan fingerprint density at radius 2 is 1.75 bits per heavy atom. The van der Waals surface area contributed by atoms with E-state index in [0.717, 1.165) is 26.0 Å². The fraction of sp³-hybridized carbons (Fsp3) is 0.714. The Bertz CT molecular complexity index is 500. The fourth-order valence-electron chi connectivity index (χ4n) is 3.80. The van der Waals surface area contributed by atoms with Crippen molar-refractivity contribution >= 4 is 0 Å². The van der Waals surface area contributed by atoms with Crippen molar-refractivity contribution in [3.05, 3.63) is 35.4 Å². The minimum atomic E-state index is -0.0125. The molecule has 0 aromatic heterocycles. The van der Waals surface area contributed by atoms with Gasteiger partial charge in [-0.25, -0.2) is 0 Å².